The number of carbonyl (C=O) groups excluding carboxylic acids is 1. The molecule has 0 unspecified atom stereocenters. The molecule has 0 N–H and O–H groups in total. The van der Waals surface area contributed by atoms with Crippen LogP contribution in [0, 0.1) is 28.6 Å². The maximum atomic E-state index is 12.4. The third kappa shape index (κ3) is 1.72. The molecule has 0 aromatic rings. The molecule has 148 valence electrons. The summed E-state index contributed by atoms with van der Waals surface area (Å²) in [4.78, 5) is 12.4. The summed E-state index contributed by atoms with van der Waals surface area (Å²) < 4.78 is 25.4. The molecule has 27 heavy (non-hydrogen) atoms. The van der Waals surface area contributed by atoms with Crippen LogP contribution in [-0.2, 0) is 23.7 Å². The van der Waals surface area contributed by atoms with Gasteiger partial charge < -0.3 is 18.9 Å². The number of hydrogen-bond acceptors (Lipinski definition) is 5. The van der Waals surface area contributed by atoms with Crippen molar-refractivity contribution < 1.29 is 23.7 Å². The van der Waals surface area contributed by atoms with Crippen molar-refractivity contribution in [3.8, 4) is 0 Å². The Hall–Kier alpha value is -1.17. The molecule has 7 atom stereocenters. The minimum absolute atomic E-state index is 0.0795. The van der Waals surface area contributed by atoms with Gasteiger partial charge in [-0.05, 0) is 31.6 Å². The van der Waals surface area contributed by atoms with Gasteiger partial charge in [-0.15, -0.1) is 6.58 Å². The van der Waals surface area contributed by atoms with Crippen LogP contribution in [0.15, 0.2) is 24.3 Å². The zero-order chi connectivity index (χ0) is 19.4. The van der Waals surface area contributed by atoms with E-state index in [1.807, 2.05) is 13.0 Å². The molecule has 2 bridgehead atoms. The van der Waals surface area contributed by atoms with Crippen molar-refractivity contribution in [2.45, 2.75) is 64.6 Å². The minimum atomic E-state index is -0.701. The predicted molar refractivity (Wildman–Crippen MR) is 98.7 cm³/mol. The third-order valence-electron chi connectivity index (χ3n) is 8.56. The van der Waals surface area contributed by atoms with E-state index in [4.69, 9.17) is 18.9 Å². The summed E-state index contributed by atoms with van der Waals surface area (Å²) in [6, 6.07) is 0. The Morgan fingerprint density at radius 1 is 1.15 bits per heavy atom. The molecule has 3 aliphatic heterocycles. The molecular formula is C22H30O5. The number of hydrogen-bond donors (Lipinski definition) is 0. The van der Waals surface area contributed by atoms with Gasteiger partial charge in [0.15, 0.2) is 5.79 Å². The smallest absolute Gasteiger partial charge is 0.336 e. The molecule has 5 aliphatic rings. The quantitative estimate of drug-likeness (QED) is 0.401. The monoisotopic (exact) mass is 374 g/mol. The van der Waals surface area contributed by atoms with Crippen LogP contribution >= 0.6 is 0 Å². The van der Waals surface area contributed by atoms with Crippen molar-refractivity contribution in [3.63, 3.8) is 0 Å². The van der Waals surface area contributed by atoms with Gasteiger partial charge in [0, 0.05) is 17.3 Å². The Labute approximate surface area is 161 Å². The second kappa shape index (κ2) is 5.05. The van der Waals surface area contributed by atoms with Crippen LogP contribution < -0.4 is 0 Å². The fraction of sp³-hybridized carbons (Fsp3) is 0.773. The number of allylic oxidation sites excluding steroid dienone is 2. The number of ether oxygens (including phenoxy) is 4. The normalized spacial score (nSPS) is 52.9. The van der Waals surface area contributed by atoms with Crippen LogP contribution in [0.5, 0.6) is 0 Å². The van der Waals surface area contributed by atoms with E-state index < -0.39 is 11.4 Å². The Bertz CT molecular complexity index is 748. The lowest BCUT2D eigenvalue weighted by molar-refractivity contribution is -0.312. The highest BCUT2D eigenvalue weighted by atomic mass is 16.7. The van der Waals surface area contributed by atoms with Crippen LogP contribution in [0.1, 0.15) is 41.0 Å². The van der Waals surface area contributed by atoms with Crippen LogP contribution in [-0.4, -0.2) is 42.8 Å². The van der Waals surface area contributed by atoms with Gasteiger partial charge in [-0.3, -0.25) is 0 Å². The Morgan fingerprint density at radius 2 is 1.81 bits per heavy atom. The molecule has 5 nitrogen and oxygen atoms in total. The second-order valence-electron chi connectivity index (χ2n) is 9.88. The van der Waals surface area contributed by atoms with E-state index in [9.17, 15) is 4.79 Å². The van der Waals surface area contributed by atoms with Crippen molar-refractivity contribution in [1.82, 2.24) is 0 Å². The van der Waals surface area contributed by atoms with E-state index in [1.54, 1.807) is 0 Å². The van der Waals surface area contributed by atoms with Crippen LogP contribution in [0.4, 0.5) is 0 Å². The van der Waals surface area contributed by atoms with Crippen molar-refractivity contribution >= 4 is 5.97 Å². The number of esters is 1. The summed E-state index contributed by atoms with van der Waals surface area (Å²) in [5.41, 5.74) is -0.192. The van der Waals surface area contributed by atoms with E-state index in [1.165, 1.54) is 0 Å². The lowest BCUT2D eigenvalue weighted by Crippen LogP contribution is -2.62. The van der Waals surface area contributed by atoms with Gasteiger partial charge in [-0.25, -0.2) is 4.79 Å². The van der Waals surface area contributed by atoms with E-state index >= 15 is 0 Å². The van der Waals surface area contributed by atoms with Crippen LogP contribution in [0.2, 0.25) is 0 Å². The molecule has 0 aromatic heterocycles. The molecular weight excluding hydrogens is 344 g/mol. The maximum Gasteiger partial charge on any atom is 0.336 e. The molecule has 0 aromatic carbocycles. The van der Waals surface area contributed by atoms with Gasteiger partial charge in [0.2, 0.25) is 0 Å². The topological polar surface area (TPSA) is 54.0 Å². The zero-order valence-corrected chi connectivity index (χ0v) is 16.9. The molecule has 3 heterocycles. The van der Waals surface area contributed by atoms with Crippen LogP contribution in [0.25, 0.3) is 0 Å². The molecule has 2 saturated carbocycles. The first-order valence-corrected chi connectivity index (χ1v) is 10.1. The molecule has 5 rings (SSSR count). The SMILES string of the molecule is C=C[C@H]1C(C)(C)C2(OCCO2)[C@H]2C[C@]1(C)[C@H]1[C@H]3OC(=O)/C(=C/C)[C@H]3O[C@@]21C. The number of rotatable bonds is 1. The first-order chi connectivity index (χ1) is 12.7. The maximum absolute atomic E-state index is 12.4. The largest absolute Gasteiger partial charge is 0.455 e. The Kier molecular flexibility index (Phi) is 3.35. The molecule has 0 amide bonds. The first kappa shape index (κ1) is 17.9. The lowest BCUT2D eigenvalue weighted by Gasteiger charge is -2.58. The Morgan fingerprint density at radius 3 is 2.41 bits per heavy atom. The lowest BCUT2D eigenvalue weighted by atomic mass is 9.52. The second-order valence-corrected chi connectivity index (χ2v) is 9.88. The average Bonchev–Trinajstić information content (AvgIpc) is 3.28. The first-order valence-electron chi connectivity index (χ1n) is 10.1. The predicted octanol–water partition coefficient (Wildman–Crippen LogP) is 3.24. The minimum Gasteiger partial charge on any atom is -0.455 e. The molecule has 2 aliphatic carbocycles. The van der Waals surface area contributed by atoms with Gasteiger partial charge in [-0.2, -0.15) is 0 Å². The van der Waals surface area contributed by atoms with Crippen LogP contribution in [0.3, 0.4) is 0 Å². The third-order valence-corrected chi connectivity index (χ3v) is 8.56. The zero-order valence-electron chi connectivity index (χ0n) is 16.9. The summed E-state index contributed by atoms with van der Waals surface area (Å²) in [6.07, 6.45) is 4.27. The van der Waals surface area contributed by atoms with E-state index in [0.29, 0.717) is 18.8 Å². The van der Waals surface area contributed by atoms with Gasteiger partial charge >= 0.3 is 5.97 Å². The molecule has 1 spiro atoms. The average molecular weight is 374 g/mol. The standard InChI is InChI=1S/C22H30O5/c1-7-12-15-16(26-18(12)23)17-20(5)11-14(21(17,6)27-15)22(24-9-10-25-22)19(3,4)13(20)8-2/h7-8,13-17H,2,9-11H2,1,3-6H3/b12-7+/t13-,14-,15+,16-,17+,20-,21-/m0/s1. The van der Waals surface area contributed by atoms with Gasteiger partial charge in [0.05, 0.1) is 24.4 Å². The number of fused-ring (bicyclic) bond motifs is 8. The Balaban J connectivity index is 1.71. The van der Waals surface area contributed by atoms with Gasteiger partial charge in [0.1, 0.15) is 12.2 Å². The summed E-state index contributed by atoms with van der Waals surface area (Å²) in [5.74, 6) is -0.626. The number of carbonyl (C=O) groups is 1. The highest BCUT2D eigenvalue weighted by molar-refractivity contribution is 5.92. The molecule has 5 heteroatoms. The van der Waals surface area contributed by atoms with E-state index in [2.05, 4.69) is 40.3 Å². The summed E-state index contributed by atoms with van der Waals surface area (Å²) in [7, 11) is 0. The fourth-order valence-electron chi connectivity index (χ4n) is 7.86. The van der Waals surface area contributed by atoms with Crippen molar-refractivity contribution in [3.05, 3.63) is 24.3 Å². The summed E-state index contributed by atoms with van der Waals surface area (Å²) in [5, 5.41) is 0. The highest BCUT2D eigenvalue weighted by Gasteiger charge is 2.82. The highest BCUT2D eigenvalue weighted by Crippen LogP contribution is 2.76. The molecule has 5 fully saturated rings. The summed E-state index contributed by atoms with van der Waals surface area (Å²) >= 11 is 0. The van der Waals surface area contributed by atoms with Crippen molar-refractivity contribution in [2.75, 3.05) is 13.2 Å². The summed E-state index contributed by atoms with van der Waals surface area (Å²) in [6.45, 7) is 16.2. The molecule has 3 saturated heterocycles. The van der Waals surface area contributed by atoms with Crippen molar-refractivity contribution in [2.24, 2.45) is 28.6 Å². The fourth-order valence-corrected chi connectivity index (χ4v) is 7.86. The van der Waals surface area contributed by atoms with Crippen molar-refractivity contribution in [1.29, 1.82) is 0 Å². The molecule has 0 radical (unpaired) electrons. The van der Waals surface area contributed by atoms with E-state index in [0.717, 1.165) is 6.42 Å². The van der Waals surface area contributed by atoms with Gasteiger partial charge in [0.25, 0.3) is 0 Å². The van der Waals surface area contributed by atoms with Gasteiger partial charge in [-0.1, -0.05) is 32.9 Å². The van der Waals surface area contributed by atoms with E-state index in [-0.39, 0.29) is 46.8 Å².